The van der Waals surface area contributed by atoms with Crippen molar-refractivity contribution in [2.75, 3.05) is 6.61 Å². The lowest BCUT2D eigenvalue weighted by Crippen LogP contribution is -2.33. The van der Waals surface area contributed by atoms with Crippen LogP contribution < -0.4 is 11.2 Å². The highest BCUT2D eigenvalue weighted by atomic mass is 16.5. The summed E-state index contributed by atoms with van der Waals surface area (Å²) in [7, 11) is 0. The normalized spacial score (nSPS) is 26.1. The van der Waals surface area contributed by atoms with Crippen LogP contribution in [-0.2, 0) is 4.74 Å². The van der Waals surface area contributed by atoms with E-state index in [0.717, 1.165) is 0 Å². The van der Waals surface area contributed by atoms with Crippen LogP contribution in [-0.4, -0.2) is 33.4 Å². The summed E-state index contributed by atoms with van der Waals surface area (Å²) in [4.78, 5) is 27.8. The van der Waals surface area contributed by atoms with E-state index in [1.54, 1.807) is 6.92 Å². The van der Waals surface area contributed by atoms with Gasteiger partial charge in [0.05, 0.1) is 18.8 Å². The Morgan fingerprint density at radius 3 is 3.05 bits per heavy atom. The largest absolute Gasteiger partial charge is 0.394 e. The Hall–Kier alpha value is -2.09. The number of azide groups is 1. The van der Waals surface area contributed by atoms with Crippen LogP contribution >= 0.6 is 0 Å². The lowest BCUT2D eigenvalue weighted by atomic mass is 10.1. The maximum Gasteiger partial charge on any atom is 0.330 e. The number of aromatic amines is 1. The van der Waals surface area contributed by atoms with Crippen LogP contribution in [0.5, 0.6) is 0 Å². The number of hydrogen-bond acceptors (Lipinski definition) is 5. The molecule has 2 N–H and O–H groups in total. The van der Waals surface area contributed by atoms with E-state index in [-0.39, 0.29) is 13.0 Å². The second kappa shape index (κ2) is 5.27. The molecule has 19 heavy (non-hydrogen) atoms. The molecule has 1 aromatic heterocycles. The number of ether oxygens (including phenoxy) is 1. The highest BCUT2D eigenvalue weighted by Gasteiger charge is 2.35. The van der Waals surface area contributed by atoms with Gasteiger partial charge in [-0.1, -0.05) is 5.11 Å². The van der Waals surface area contributed by atoms with E-state index in [2.05, 4.69) is 15.0 Å². The van der Waals surface area contributed by atoms with Gasteiger partial charge in [0.15, 0.2) is 0 Å². The molecule has 1 aliphatic heterocycles. The van der Waals surface area contributed by atoms with Crippen molar-refractivity contribution in [1.29, 1.82) is 0 Å². The number of aliphatic hydroxyl groups is 1. The smallest absolute Gasteiger partial charge is 0.330 e. The molecule has 9 heteroatoms. The molecular formula is C10H13N5O4. The van der Waals surface area contributed by atoms with Crippen LogP contribution in [0.3, 0.4) is 0 Å². The molecule has 0 amide bonds. The quantitative estimate of drug-likeness (QED) is 0.445. The minimum atomic E-state index is -0.671. The number of hydrogen-bond donors (Lipinski definition) is 2. The molecule has 2 rings (SSSR count). The van der Waals surface area contributed by atoms with Crippen molar-refractivity contribution in [3.05, 3.63) is 43.0 Å². The van der Waals surface area contributed by atoms with Crippen LogP contribution in [0, 0.1) is 6.92 Å². The van der Waals surface area contributed by atoms with Gasteiger partial charge in [0.25, 0.3) is 5.56 Å². The number of aliphatic hydroxyl groups excluding tert-OH is 1. The molecule has 1 aliphatic rings. The molecule has 9 nitrogen and oxygen atoms in total. The first-order chi connectivity index (χ1) is 9.06. The third-order valence-electron chi connectivity index (χ3n) is 3.04. The van der Waals surface area contributed by atoms with Crippen LogP contribution in [0.4, 0.5) is 0 Å². The van der Waals surface area contributed by atoms with Crippen LogP contribution in [0.1, 0.15) is 18.2 Å². The molecule has 1 saturated heterocycles. The topological polar surface area (TPSA) is 133 Å². The molecular weight excluding hydrogens is 254 g/mol. The summed E-state index contributed by atoms with van der Waals surface area (Å²) in [5, 5.41) is 12.7. The Labute approximate surface area is 107 Å². The first-order valence-corrected chi connectivity index (χ1v) is 5.69. The van der Waals surface area contributed by atoms with Gasteiger partial charge in [0.1, 0.15) is 6.23 Å². The Morgan fingerprint density at radius 2 is 2.42 bits per heavy atom. The third-order valence-corrected chi connectivity index (χ3v) is 3.04. The van der Waals surface area contributed by atoms with Gasteiger partial charge in [0, 0.05) is 23.1 Å². The lowest BCUT2D eigenvalue weighted by Gasteiger charge is -2.14. The fourth-order valence-electron chi connectivity index (χ4n) is 2.04. The Kier molecular flexibility index (Phi) is 3.70. The second-order valence-electron chi connectivity index (χ2n) is 4.30. The predicted octanol–water partition coefficient (Wildman–Crippen LogP) is -0.196. The molecule has 1 aromatic rings. The fraction of sp³-hybridized carbons (Fsp3) is 0.600. The van der Waals surface area contributed by atoms with Gasteiger partial charge in [-0.3, -0.25) is 14.3 Å². The van der Waals surface area contributed by atoms with Gasteiger partial charge < -0.3 is 9.84 Å². The number of H-pyrrole nitrogens is 1. The molecule has 102 valence electrons. The Balaban J connectivity index is 2.34. The zero-order valence-corrected chi connectivity index (χ0v) is 10.2. The predicted molar refractivity (Wildman–Crippen MR) is 64.6 cm³/mol. The van der Waals surface area contributed by atoms with E-state index in [1.807, 2.05) is 0 Å². The summed E-state index contributed by atoms with van der Waals surface area (Å²) in [5.74, 6) is 0. The van der Waals surface area contributed by atoms with E-state index in [0.29, 0.717) is 5.56 Å². The van der Waals surface area contributed by atoms with E-state index in [4.69, 9.17) is 15.4 Å². The number of aromatic nitrogens is 2. The molecule has 0 spiro atoms. The average Bonchev–Trinajstić information content (AvgIpc) is 2.77. The molecule has 2 heterocycles. The van der Waals surface area contributed by atoms with Crippen molar-refractivity contribution in [3.8, 4) is 0 Å². The molecule has 0 bridgehead atoms. The summed E-state index contributed by atoms with van der Waals surface area (Å²) < 4.78 is 6.69. The minimum absolute atomic E-state index is 0.265. The lowest BCUT2D eigenvalue weighted by molar-refractivity contribution is -0.0271. The molecule has 0 aromatic carbocycles. The van der Waals surface area contributed by atoms with Crippen molar-refractivity contribution in [1.82, 2.24) is 9.55 Å². The van der Waals surface area contributed by atoms with E-state index < -0.39 is 29.6 Å². The van der Waals surface area contributed by atoms with E-state index >= 15 is 0 Å². The summed E-state index contributed by atoms with van der Waals surface area (Å²) in [6.45, 7) is 1.26. The summed E-state index contributed by atoms with van der Waals surface area (Å²) in [5.41, 5.74) is 7.76. The SMILES string of the molecule is Cc1cn([C@H]2C[C@@H](N=[N+]=[N-])C(CO)O2)c(=O)[nH]c1=O. The van der Waals surface area contributed by atoms with Gasteiger partial charge in [-0.25, -0.2) is 4.79 Å². The van der Waals surface area contributed by atoms with Crippen molar-refractivity contribution in [3.63, 3.8) is 0 Å². The zero-order valence-electron chi connectivity index (χ0n) is 10.2. The number of aryl methyl sites for hydroxylation is 1. The van der Waals surface area contributed by atoms with Gasteiger partial charge in [-0.15, -0.1) is 0 Å². The zero-order chi connectivity index (χ0) is 14.0. The average molecular weight is 267 g/mol. The maximum atomic E-state index is 11.7. The summed E-state index contributed by atoms with van der Waals surface area (Å²) in [6.07, 6.45) is 0.329. The minimum Gasteiger partial charge on any atom is -0.394 e. The Morgan fingerprint density at radius 1 is 1.68 bits per heavy atom. The second-order valence-corrected chi connectivity index (χ2v) is 4.30. The molecule has 1 fully saturated rings. The highest BCUT2D eigenvalue weighted by molar-refractivity contribution is 5.02. The van der Waals surface area contributed by atoms with Crippen molar-refractivity contribution < 1.29 is 9.84 Å². The standard InChI is InChI=1S/C10H13N5O4/c1-5-3-15(10(18)12-9(5)17)8-2-6(13-14-11)7(4-16)19-8/h3,6-8,16H,2,4H2,1H3,(H,12,17,18)/t6-,7?,8-/m1/s1. The highest BCUT2D eigenvalue weighted by Crippen LogP contribution is 2.29. The maximum absolute atomic E-state index is 11.7. The van der Waals surface area contributed by atoms with Crippen molar-refractivity contribution in [2.24, 2.45) is 5.11 Å². The van der Waals surface area contributed by atoms with Gasteiger partial charge in [-0.2, -0.15) is 0 Å². The number of nitrogens with one attached hydrogen (secondary N) is 1. The van der Waals surface area contributed by atoms with Gasteiger partial charge >= 0.3 is 5.69 Å². The number of nitrogens with zero attached hydrogens (tertiary/aromatic N) is 4. The van der Waals surface area contributed by atoms with Crippen molar-refractivity contribution in [2.45, 2.75) is 31.7 Å². The summed E-state index contributed by atoms with van der Waals surface area (Å²) >= 11 is 0. The Bertz CT molecular complexity index is 630. The first kappa shape index (κ1) is 13.3. The molecule has 0 saturated carbocycles. The van der Waals surface area contributed by atoms with Crippen LogP contribution in [0.25, 0.3) is 10.4 Å². The van der Waals surface area contributed by atoms with Gasteiger partial charge in [-0.05, 0) is 12.5 Å². The molecule has 0 radical (unpaired) electrons. The monoisotopic (exact) mass is 267 g/mol. The van der Waals surface area contributed by atoms with Crippen molar-refractivity contribution >= 4 is 0 Å². The summed E-state index contributed by atoms with van der Waals surface area (Å²) in [6, 6.07) is -0.542. The molecule has 0 aliphatic carbocycles. The molecule has 1 unspecified atom stereocenters. The van der Waals surface area contributed by atoms with E-state index in [1.165, 1.54) is 10.8 Å². The van der Waals surface area contributed by atoms with Gasteiger partial charge in [0.2, 0.25) is 0 Å². The first-order valence-electron chi connectivity index (χ1n) is 5.69. The fourth-order valence-corrected chi connectivity index (χ4v) is 2.04. The van der Waals surface area contributed by atoms with E-state index in [9.17, 15) is 9.59 Å². The third kappa shape index (κ3) is 2.53. The van der Waals surface area contributed by atoms with Crippen LogP contribution in [0.2, 0.25) is 0 Å². The van der Waals surface area contributed by atoms with Crippen LogP contribution in [0.15, 0.2) is 20.9 Å². The molecule has 3 atom stereocenters. The number of rotatable bonds is 3.